The Labute approximate surface area is 93.4 Å². The van der Waals surface area contributed by atoms with Crippen molar-refractivity contribution in [2.75, 3.05) is 6.61 Å². The van der Waals surface area contributed by atoms with Crippen LogP contribution < -0.4 is 16.4 Å². The summed E-state index contributed by atoms with van der Waals surface area (Å²) < 4.78 is 0. The molecule has 0 spiro atoms. The first-order valence-electron chi connectivity index (χ1n) is 4.77. The molecule has 0 aliphatic rings. The zero-order valence-electron chi connectivity index (χ0n) is 9.19. The Morgan fingerprint density at radius 2 is 1.88 bits per heavy atom. The van der Waals surface area contributed by atoms with Crippen molar-refractivity contribution in [2.45, 2.75) is 32.0 Å². The van der Waals surface area contributed by atoms with Crippen molar-refractivity contribution in [2.24, 2.45) is 5.73 Å². The van der Waals surface area contributed by atoms with E-state index in [4.69, 9.17) is 10.8 Å². The van der Waals surface area contributed by atoms with Crippen LogP contribution in [0.15, 0.2) is 0 Å². The number of hydrogen-bond acceptors (Lipinski definition) is 5. The van der Waals surface area contributed by atoms with E-state index < -0.39 is 36.5 Å². The number of carbonyl (C=O) groups is 2. The van der Waals surface area contributed by atoms with Gasteiger partial charge in [-0.05, 0) is 13.8 Å². The Morgan fingerprint density at radius 3 is 2.31 bits per heavy atom. The van der Waals surface area contributed by atoms with E-state index in [9.17, 15) is 14.4 Å². The van der Waals surface area contributed by atoms with E-state index in [0.29, 0.717) is 0 Å². The van der Waals surface area contributed by atoms with E-state index in [1.165, 1.54) is 13.8 Å². The topological polar surface area (TPSA) is 122 Å². The number of rotatable bonds is 6. The Hall–Kier alpha value is -1.47. The van der Waals surface area contributed by atoms with Gasteiger partial charge in [0.1, 0.15) is 12.1 Å². The maximum atomic E-state index is 11.4. The van der Waals surface area contributed by atoms with Gasteiger partial charge in [-0.2, -0.15) is 0 Å². The van der Waals surface area contributed by atoms with Gasteiger partial charge >= 0.3 is 0 Å². The Bertz CT molecular complexity index is 269. The van der Waals surface area contributed by atoms with Crippen LogP contribution in [-0.2, 0) is 14.4 Å². The maximum Gasteiger partial charge on any atom is 0.242 e. The average molecular weight is 230 g/mol. The minimum Gasteiger partial charge on any atom is -0.394 e. The second-order valence-electron chi connectivity index (χ2n) is 3.37. The minimum absolute atomic E-state index is 0.501. The van der Waals surface area contributed by atoms with Crippen LogP contribution in [0.5, 0.6) is 0 Å². The van der Waals surface area contributed by atoms with Gasteiger partial charge in [0.05, 0.1) is 12.6 Å². The molecule has 16 heavy (non-hydrogen) atoms. The van der Waals surface area contributed by atoms with E-state index in [1.54, 1.807) is 6.29 Å². The van der Waals surface area contributed by atoms with Gasteiger partial charge in [-0.15, -0.1) is 0 Å². The van der Waals surface area contributed by atoms with Gasteiger partial charge in [0.15, 0.2) is 0 Å². The highest BCUT2D eigenvalue weighted by Gasteiger charge is 2.20. The third-order valence-corrected chi connectivity index (χ3v) is 1.82. The molecule has 0 saturated heterocycles. The maximum absolute atomic E-state index is 11.4. The van der Waals surface area contributed by atoms with Gasteiger partial charge < -0.3 is 21.5 Å². The van der Waals surface area contributed by atoms with Crippen LogP contribution >= 0.6 is 0 Å². The molecule has 0 aliphatic carbocycles. The molecular formula is C9H16N3O4. The van der Waals surface area contributed by atoms with E-state index in [-0.39, 0.29) is 0 Å². The van der Waals surface area contributed by atoms with E-state index >= 15 is 0 Å². The summed E-state index contributed by atoms with van der Waals surface area (Å²) in [5.41, 5.74) is 5.24. The highest BCUT2D eigenvalue weighted by molar-refractivity contribution is 5.90. The van der Waals surface area contributed by atoms with Gasteiger partial charge in [0.25, 0.3) is 0 Å². The third kappa shape index (κ3) is 4.85. The molecule has 0 rings (SSSR count). The quantitative estimate of drug-likeness (QED) is 0.399. The smallest absolute Gasteiger partial charge is 0.242 e. The highest BCUT2D eigenvalue weighted by atomic mass is 16.3. The molecule has 7 nitrogen and oxygen atoms in total. The number of aliphatic hydroxyl groups is 1. The monoisotopic (exact) mass is 230 g/mol. The van der Waals surface area contributed by atoms with Crippen LogP contribution in [0.2, 0.25) is 0 Å². The highest BCUT2D eigenvalue weighted by Crippen LogP contribution is 1.86. The van der Waals surface area contributed by atoms with Gasteiger partial charge in [-0.1, -0.05) is 0 Å². The Morgan fingerprint density at radius 1 is 1.31 bits per heavy atom. The molecule has 3 atom stereocenters. The summed E-state index contributed by atoms with van der Waals surface area (Å²) in [6.45, 7) is 2.40. The lowest BCUT2D eigenvalue weighted by molar-refractivity contribution is -0.129. The first-order valence-corrected chi connectivity index (χ1v) is 4.77. The van der Waals surface area contributed by atoms with Gasteiger partial charge in [-0.3, -0.25) is 14.4 Å². The number of carbonyl (C=O) groups excluding carboxylic acids is 3. The van der Waals surface area contributed by atoms with E-state index in [2.05, 4.69) is 10.6 Å². The summed E-state index contributed by atoms with van der Waals surface area (Å²) >= 11 is 0. The van der Waals surface area contributed by atoms with E-state index in [1.807, 2.05) is 0 Å². The van der Waals surface area contributed by atoms with Crippen LogP contribution in [-0.4, -0.2) is 47.9 Å². The van der Waals surface area contributed by atoms with Crippen molar-refractivity contribution in [1.82, 2.24) is 10.6 Å². The second-order valence-corrected chi connectivity index (χ2v) is 3.37. The number of nitrogens with one attached hydrogen (secondary N) is 2. The summed E-state index contributed by atoms with van der Waals surface area (Å²) in [6, 6.07) is -2.63. The van der Waals surface area contributed by atoms with Crippen LogP contribution in [0, 0.1) is 0 Å². The molecule has 1 radical (unpaired) electrons. The summed E-state index contributed by atoms with van der Waals surface area (Å²) in [5.74, 6) is -1.15. The Balaban J connectivity index is 4.15. The van der Waals surface area contributed by atoms with Crippen LogP contribution in [0.1, 0.15) is 13.8 Å². The molecule has 0 unspecified atom stereocenters. The lowest BCUT2D eigenvalue weighted by Crippen LogP contribution is -2.52. The second kappa shape index (κ2) is 6.91. The molecule has 2 amide bonds. The molecule has 7 heteroatoms. The first kappa shape index (κ1) is 14.5. The summed E-state index contributed by atoms with van der Waals surface area (Å²) in [5, 5.41) is 13.2. The molecular weight excluding hydrogens is 214 g/mol. The van der Waals surface area contributed by atoms with Crippen molar-refractivity contribution in [1.29, 1.82) is 0 Å². The predicted octanol–water partition coefficient (Wildman–Crippen LogP) is -2.57. The molecule has 0 bridgehead atoms. The fourth-order valence-electron chi connectivity index (χ4n) is 0.837. The largest absolute Gasteiger partial charge is 0.394 e. The van der Waals surface area contributed by atoms with E-state index in [0.717, 1.165) is 0 Å². The normalized spacial score (nSPS) is 15.8. The van der Waals surface area contributed by atoms with Crippen LogP contribution in [0.25, 0.3) is 0 Å². The third-order valence-electron chi connectivity index (χ3n) is 1.82. The molecule has 0 aromatic rings. The molecule has 91 valence electrons. The number of nitrogens with two attached hydrogens (primary N) is 1. The van der Waals surface area contributed by atoms with Crippen LogP contribution in [0.3, 0.4) is 0 Å². The van der Waals surface area contributed by atoms with Crippen molar-refractivity contribution in [3.05, 3.63) is 0 Å². The number of hydrogen-bond donors (Lipinski definition) is 4. The zero-order chi connectivity index (χ0) is 12.7. The fraction of sp³-hybridized carbons (Fsp3) is 0.667. The molecule has 5 N–H and O–H groups in total. The number of aliphatic hydroxyl groups excluding tert-OH is 1. The standard InChI is InChI=1S/C9H16N3O4/c1-5(3-13)11-8(15)6(2)12-9(16)7(10)4-14/h5-7,14H,4,10H2,1-2H3,(H,11,15)(H,12,16)/t5-,6-,7-/m0/s1. The Kier molecular flexibility index (Phi) is 6.28. The molecule has 0 fully saturated rings. The fourth-order valence-corrected chi connectivity index (χ4v) is 0.837. The van der Waals surface area contributed by atoms with Crippen molar-refractivity contribution in [3.63, 3.8) is 0 Å². The first-order chi connectivity index (χ1) is 7.42. The van der Waals surface area contributed by atoms with Crippen molar-refractivity contribution in [3.8, 4) is 0 Å². The van der Waals surface area contributed by atoms with Crippen molar-refractivity contribution < 1.29 is 19.5 Å². The molecule has 0 saturated carbocycles. The molecule has 0 aliphatic heterocycles. The zero-order valence-corrected chi connectivity index (χ0v) is 9.19. The molecule has 0 heterocycles. The van der Waals surface area contributed by atoms with Gasteiger partial charge in [-0.25, -0.2) is 0 Å². The lowest BCUT2D eigenvalue weighted by atomic mass is 10.2. The predicted molar refractivity (Wildman–Crippen MR) is 56.0 cm³/mol. The van der Waals surface area contributed by atoms with Gasteiger partial charge in [0, 0.05) is 0 Å². The molecule has 0 aromatic heterocycles. The SMILES string of the molecule is C[C@H](NC(=O)[C@@H](N)CO)C(=O)N[C@@H](C)[C]=O. The summed E-state index contributed by atoms with van der Waals surface area (Å²) in [6.07, 6.45) is 1.58. The summed E-state index contributed by atoms with van der Waals surface area (Å²) in [4.78, 5) is 32.7. The van der Waals surface area contributed by atoms with Gasteiger partial charge in [0.2, 0.25) is 18.1 Å². The average Bonchev–Trinajstić information content (AvgIpc) is 2.27. The molecule has 0 aromatic carbocycles. The lowest BCUT2D eigenvalue weighted by Gasteiger charge is -2.17. The number of amides is 2. The minimum atomic E-state index is -1.06. The van der Waals surface area contributed by atoms with Crippen LogP contribution in [0.4, 0.5) is 0 Å². The summed E-state index contributed by atoms with van der Waals surface area (Å²) in [7, 11) is 0. The van der Waals surface area contributed by atoms with Crippen molar-refractivity contribution >= 4 is 18.1 Å².